The Kier molecular flexibility index (Phi) is 7.18. The van der Waals surface area contributed by atoms with E-state index >= 15 is 0 Å². The van der Waals surface area contributed by atoms with E-state index in [9.17, 15) is 0 Å². The van der Waals surface area contributed by atoms with Crippen molar-refractivity contribution in [3.8, 4) is 33.9 Å². The lowest BCUT2D eigenvalue weighted by atomic mass is 9.92. The minimum absolute atomic E-state index is 0.708. The summed E-state index contributed by atoms with van der Waals surface area (Å²) in [7, 11) is 0. The van der Waals surface area contributed by atoms with Gasteiger partial charge in [-0.25, -0.2) is 9.97 Å². The van der Waals surface area contributed by atoms with Gasteiger partial charge in [0.1, 0.15) is 0 Å². The molecule has 2 heteroatoms. The maximum absolute atomic E-state index is 5.23. The van der Waals surface area contributed by atoms with Gasteiger partial charge in [0.25, 0.3) is 0 Å². The van der Waals surface area contributed by atoms with Crippen LogP contribution in [0, 0.1) is 0 Å². The number of nitrogens with zero attached hydrogens (tertiary/aromatic N) is 2. The molecule has 10 rings (SSSR count). The smallest absolute Gasteiger partial charge is 0.160 e. The molecule has 0 unspecified atom stereocenters. The summed E-state index contributed by atoms with van der Waals surface area (Å²) in [6, 6.07) is 69.6. The molecule has 0 saturated heterocycles. The van der Waals surface area contributed by atoms with Crippen LogP contribution in [0.2, 0.25) is 0 Å². The minimum atomic E-state index is 0.708. The number of hydrogen-bond acceptors (Lipinski definition) is 2. The van der Waals surface area contributed by atoms with Crippen molar-refractivity contribution in [3.63, 3.8) is 0 Å². The fraction of sp³-hybridized carbons (Fsp3) is 0. The maximum Gasteiger partial charge on any atom is 0.160 e. The number of benzene rings is 8. The van der Waals surface area contributed by atoms with E-state index in [4.69, 9.17) is 9.97 Å². The van der Waals surface area contributed by atoms with Crippen molar-refractivity contribution in [1.82, 2.24) is 9.97 Å². The molecule has 0 aliphatic carbocycles. The first kappa shape index (κ1) is 30.0. The first-order chi connectivity index (χ1) is 25.8. The third-order valence-electron chi connectivity index (χ3n) is 10.3. The summed E-state index contributed by atoms with van der Waals surface area (Å²) in [5.74, 6) is 0.708. The first-order valence-corrected chi connectivity index (χ1v) is 17.7. The number of hydrogen-bond donors (Lipinski definition) is 0. The van der Waals surface area contributed by atoms with Gasteiger partial charge in [0.05, 0.1) is 11.4 Å². The van der Waals surface area contributed by atoms with Gasteiger partial charge in [0.15, 0.2) is 5.82 Å². The Morgan fingerprint density at radius 2 is 0.596 bits per heavy atom. The fourth-order valence-electron chi connectivity index (χ4n) is 7.77. The van der Waals surface area contributed by atoms with Gasteiger partial charge >= 0.3 is 0 Å². The van der Waals surface area contributed by atoms with Crippen molar-refractivity contribution < 1.29 is 0 Å². The summed E-state index contributed by atoms with van der Waals surface area (Å²) >= 11 is 0. The lowest BCUT2D eigenvalue weighted by Crippen LogP contribution is -1.96. The largest absolute Gasteiger partial charge is 0.228 e. The summed E-state index contributed by atoms with van der Waals surface area (Å²) < 4.78 is 0. The molecule has 0 N–H and O–H groups in total. The van der Waals surface area contributed by atoms with E-state index in [0.717, 1.165) is 28.1 Å². The second-order valence-corrected chi connectivity index (χ2v) is 13.3. The third-order valence-corrected chi connectivity index (χ3v) is 10.3. The highest BCUT2D eigenvalue weighted by atomic mass is 14.9. The quantitative estimate of drug-likeness (QED) is 0.188. The van der Waals surface area contributed by atoms with E-state index in [2.05, 4.69) is 170 Å². The zero-order chi connectivity index (χ0) is 34.4. The molecule has 242 valence electrons. The standard InChI is InChI=1S/C50H32N2/c1-3-15-33(16-4-1)48-32-49(52-50(51-48)34-17-5-2-6-18-34)37-27-28-44-42-25-12-11-23-40(42)38-21-9-10-22-39(38)41-24-13-14-26-43(41)45-29-35-19-7-8-20-36(35)30-47(45)46(44)31-37/h1-32H. The van der Waals surface area contributed by atoms with Gasteiger partial charge in [-0.3, -0.25) is 0 Å². The predicted molar refractivity (Wildman–Crippen MR) is 221 cm³/mol. The number of aromatic nitrogens is 2. The van der Waals surface area contributed by atoms with Gasteiger partial charge in [-0.05, 0) is 88.9 Å². The van der Waals surface area contributed by atoms with Crippen LogP contribution in [0.1, 0.15) is 0 Å². The van der Waals surface area contributed by atoms with Crippen LogP contribution in [0.4, 0.5) is 0 Å². The van der Waals surface area contributed by atoms with E-state index < -0.39 is 0 Å². The molecular weight excluding hydrogens is 629 g/mol. The molecule has 0 aliphatic heterocycles. The summed E-state index contributed by atoms with van der Waals surface area (Å²) in [4.78, 5) is 10.3. The summed E-state index contributed by atoms with van der Waals surface area (Å²) in [5.41, 5.74) is 4.86. The van der Waals surface area contributed by atoms with E-state index in [1.54, 1.807) is 0 Å². The second kappa shape index (κ2) is 12.5. The van der Waals surface area contributed by atoms with E-state index in [1.807, 2.05) is 24.3 Å². The molecular formula is C50H32N2. The molecule has 0 fully saturated rings. The van der Waals surface area contributed by atoms with Crippen LogP contribution in [0.3, 0.4) is 0 Å². The van der Waals surface area contributed by atoms with E-state index in [1.165, 1.54) is 64.6 Å². The van der Waals surface area contributed by atoms with Gasteiger partial charge in [-0.1, -0.05) is 170 Å². The van der Waals surface area contributed by atoms with Crippen molar-refractivity contribution >= 4 is 64.6 Å². The highest BCUT2D eigenvalue weighted by Gasteiger charge is 2.14. The van der Waals surface area contributed by atoms with Crippen LogP contribution in [-0.2, 0) is 0 Å². The molecule has 2 nitrogen and oxygen atoms in total. The highest BCUT2D eigenvalue weighted by molar-refractivity contribution is 6.27. The van der Waals surface area contributed by atoms with Crippen LogP contribution < -0.4 is 0 Å². The Hall–Kier alpha value is -6.90. The van der Waals surface area contributed by atoms with Gasteiger partial charge in [0, 0.05) is 16.7 Å². The zero-order valence-electron chi connectivity index (χ0n) is 28.4. The molecule has 0 saturated carbocycles. The molecule has 9 aromatic carbocycles. The molecule has 0 radical (unpaired) electrons. The van der Waals surface area contributed by atoms with Crippen LogP contribution >= 0.6 is 0 Å². The third kappa shape index (κ3) is 5.12. The van der Waals surface area contributed by atoms with Crippen molar-refractivity contribution in [3.05, 3.63) is 194 Å². The average molecular weight is 661 g/mol. The zero-order valence-corrected chi connectivity index (χ0v) is 28.4. The van der Waals surface area contributed by atoms with Crippen LogP contribution in [0.25, 0.3) is 98.5 Å². The highest BCUT2D eigenvalue weighted by Crippen LogP contribution is 2.39. The Balaban J connectivity index is 1.41. The monoisotopic (exact) mass is 660 g/mol. The van der Waals surface area contributed by atoms with Crippen LogP contribution in [0.15, 0.2) is 194 Å². The normalized spacial score (nSPS) is 11.5. The number of fused-ring (bicyclic) bond motifs is 11. The molecule has 0 aliphatic rings. The van der Waals surface area contributed by atoms with Crippen molar-refractivity contribution in [2.45, 2.75) is 0 Å². The molecule has 10 aromatic rings. The maximum atomic E-state index is 5.23. The fourth-order valence-corrected chi connectivity index (χ4v) is 7.77. The molecule has 1 heterocycles. The Morgan fingerprint density at radius 3 is 1.12 bits per heavy atom. The average Bonchev–Trinajstić information content (AvgIpc) is 3.23. The molecule has 1 aromatic heterocycles. The Bertz CT molecular complexity index is 3000. The topological polar surface area (TPSA) is 25.8 Å². The summed E-state index contributed by atoms with van der Waals surface area (Å²) in [6.45, 7) is 0. The minimum Gasteiger partial charge on any atom is -0.228 e. The summed E-state index contributed by atoms with van der Waals surface area (Å²) in [6.07, 6.45) is 0. The molecule has 0 atom stereocenters. The second-order valence-electron chi connectivity index (χ2n) is 13.3. The van der Waals surface area contributed by atoms with Gasteiger partial charge in [0.2, 0.25) is 0 Å². The summed E-state index contributed by atoms with van der Waals surface area (Å²) in [5, 5.41) is 14.5. The van der Waals surface area contributed by atoms with Crippen molar-refractivity contribution in [2.24, 2.45) is 0 Å². The molecule has 0 spiro atoms. The Morgan fingerprint density at radius 1 is 0.231 bits per heavy atom. The van der Waals surface area contributed by atoms with Crippen molar-refractivity contribution in [2.75, 3.05) is 0 Å². The van der Waals surface area contributed by atoms with Gasteiger partial charge in [-0.15, -0.1) is 0 Å². The van der Waals surface area contributed by atoms with Gasteiger partial charge in [-0.2, -0.15) is 0 Å². The SMILES string of the molecule is c1ccc(-c2cc(-c3ccc4c5ccccc5c5ccccc5c5ccccc5c5cc6ccccc6cc5c4c3)nc(-c3ccccc3)n2)cc1. The first-order valence-electron chi connectivity index (χ1n) is 17.7. The van der Waals surface area contributed by atoms with Crippen LogP contribution in [0.5, 0.6) is 0 Å². The predicted octanol–water partition coefficient (Wildman–Crippen LogP) is 13.5. The molecule has 0 amide bonds. The van der Waals surface area contributed by atoms with Crippen molar-refractivity contribution in [1.29, 1.82) is 0 Å². The molecule has 0 bridgehead atoms. The van der Waals surface area contributed by atoms with E-state index in [0.29, 0.717) is 5.82 Å². The molecule has 52 heavy (non-hydrogen) atoms. The Labute approximate surface area is 301 Å². The van der Waals surface area contributed by atoms with E-state index in [-0.39, 0.29) is 0 Å². The van der Waals surface area contributed by atoms with Crippen LogP contribution in [-0.4, -0.2) is 9.97 Å². The lowest BCUT2D eigenvalue weighted by molar-refractivity contribution is 1.18. The lowest BCUT2D eigenvalue weighted by Gasteiger charge is -2.13. The number of rotatable bonds is 3. The van der Waals surface area contributed by atoms with Gasteiger partial charge < -0.3 is 0 Å².